The van der Waals surface area contributed by atoms with E-state index in [1.807, 2.05) is 12.2 Å². The van der Waals surface area contributed by atoms with Crippen LogP contribution in [0.25, 0.3) is 0 Å². The van der Waals surface area contributed by atoms with E-state index in [9.17, 15) is 9.59 Å². The highest BCUT2D eigenvalue weighted by molar-refractivity contribution is 5.78. The highest BCUT2D eigenvalue weighted by atomic mass is 16.6. The van der Waals surface area contributed by atoms with E-state index in [0.29, 0.717) is 11.6 Å². The van der Waals surface area contributed by atoms with E-state index in [1.54, 1.807) is 27.7 Å². The Morgan fingerprint density at radius 2 is 2.04 bits per heavy atom. The summed E-state index contributed by atoms with van der Waals surface area (Å²) in [5, 5.41) is 0. The molecule has 0 aromatic carbocycles. The third-order valence-electron chi connectivity index (χ3n) is 3.67. The summed E-state index contributed by atoms with van der Waals surface area (Å²) < 4.78 is 10.3. The summed E-state index contributed by atoms with van der Waals surface area (Å²) >= 11 is 0. The Morgan fingerprint density at radius 1 is 1.42 bits per heavy atom. The molecule has 1 aliphatic rings. The number of carbonyl (C=O) groups is 2. The number of esters is 1. The number of nitrogens with zero attached hydrogens (tertiary/aromatic N) is 1. The average molecular weight is 335 g/mol. The molecular formula is C19H29NO4. The lowest BCUT2D eigenvalue weighted by molar-refractivity contribution is -0.144. The van der Waals surface area contributed by atoms with Crippen molar-refractivity contribution in [3.05, 3.63) is 36.1 Å². The second-order valence-corrected chi connectivity index (χ2v) is 7.18. The molecule has 0 N–H and O–H groups in total. The molecule has 5 nitrogen and oxygen atoms in total. The molecule has 1 unspecified atom stereocenters. The molecule has 2 atom stereocenters. The highest BCUT2D eigenvalue weighted by Crippen LogP contribution is 2.25. The quantitative estimate of drug-likeness (QED) is 0.711. The summed E-state index contributed by atoms with van der Waals surface area (Å²) in [6, 6.07) is 0. The summed E-state index contributed by atoms with van der Waals surface area (Å²) in [5.74, 6) is -0.506. The Bertz CT molecular complexity index is 554. The van der Waals surface area contributed by atoms with Crippen LogP contribution >= 0.6 is 0 Å². The molecule has 0 saturated carbocycles. The highest BCUT2D eigenvalue weighted by Gasteiger charge is 2.31. The van der Waals surface area contributed by atoms with Crippen molar-refractivity contribution in [3.8, 4) is 0 Å². The van der Waals surface area contributed by atoms with Gasteiger partial charge in [0.05, 0.1) is 13.0 Å². The lowest BCUT2D eigenvalue weighted by Gasteiger charge is -2.30. The largest absolute Gasteiger partial charge is 0.468 e. The number of carbonyl (C=O) groups excluding carboxylic acids is 2. The lowest BCUT2D eigenvalue weighted by atomic mass is 9.90. The van der Waals surface area contributed by atoms with Gasteiger partial charge < -0.3 is 9.47 Å². The van der Waals surface area contributed by atoms with Crippen molar-refractivity contribution >= 4 is 12.1 Å². The first-order chi connectivity index (χ1) is 11.0. The molecule has 0 heterocycles. The molecule has 1 rings (SSSR count). The molecular weight excluding hydrogens is 306 g/mol. The Balaban J connectivity index is 3.01. The topological polar surface area (TPSA) is 55.8 Å². The Morgan fingerprint density at radius 3 is 2.46 bits per heavy atom. The van der Waals surface area contributed by atoms with Crippen molar-refractivity contribution in [2.45, 2.75) is 46.6 Å². The maximum absolute atomic E-state index is 12.4. The van der Waals surface area contributed by atoms with E-state index in [-0.39, 0.29) is 12.5 Å². The molecule has 0 fully saturated rings. The van der Waals surface area contributed by atoms with Crippen LogP contribution in [0.1, 0.15) is 41.0 Å². The van der Waals surface area contributed by atoms with Gasteiger partial charge in [0.15, 0.2) is 0 Å². The summed E-state index contributed by atoms with van der Waals surface area (Å²) in [4.78, 5) is 26.1. The monoisotopic (exact) mass is 335 g/mol. The van der Waals surface area contributed by atoms with Gasteiger partial charge in [-0.25, -0.2) is 4.79 Å². The zero-order chi connectivity index (χ0) is 18.5. The van der Waals surface area contributed by atoms with E-state index >= 15 is 0 Å². The molecule has 134 valence electrons. The van der Waals surface area contributed by atoms with Crippen LogP contribution in [0.5, 0.6) is 0 Å². The fourth-order valence-electron chi connectivity index (χ4n) is 2.35. The van der Waals surface area contributed by atoms with Crippen molar-refractivity contribution in [2.75, 3.05) is 13.7 Å². The van der Waals surface area contributed by atoms with E-state index in [4.69, 9.17) is 9.47 Å². The van der Waals surface area contributed by atoms with Gasteiger partial charge >= 0.3 is 12.1 Å². The third kappa shape index (κ3) is 5.87. The normalized spacial score (nSPS) is 18.4. The minimum absolute atomic E-state index is 0.140. The standard InChI is InChI=1S/C19H29NO4/c1-13(2)20(18(22)24-19(4,5)6)12-16(17(21)23-7)15-10-8-14(3)9-11-15/h8,10-11,14,16H,1,9,12H2,2-7H3/t14?,16-/m1/s1. The lowest BCUT2D eigenvalue weighted by Crippen LogP contribution is -2.40. The minimum atomic E-state index is -0.620. The first-order valence-electron chi connectivity index (χ1n) is 8.17. The number of methoxy groups -OCH3 is 1. The molecule has 0 aromatic heterocycles. The van der Waals surface area contributed by atoms with Gasteiger partial charge in [-0.15, -0.1) is 0 Å². The second-order valence-electron chi connectivity index (χ2n) is 7.18. The van der Waals surface area contributed by atoms with Crippen LogP contribution in [0.2, 0.25) is 0 Å². The van der Waals surface area contributed by atoms with E-state index < -0.39 is 17.6 Å². The second kappa shape index (κ2) is 8.18. The zero-order valence-electron chi connectivity index (χ0n) is 15.6. The van der Waals surface area contributed by atoms with Crippen molar-refractivity contribution in [1.29, 1.82) is 0 Å². The molecule has 1 aliphatic carbocycles. The zero-order valence-corrected chi connectivity index (χ0v) is 15.6. The molecule has 1 amide bonds. The maximum Gasteiger partial charge on any atom is 0.414 e. The first-order valence-corrected chi connectivity index (χ1v) is 8.17. The number of allylic oxidation sites excluding steroid dienone is 4. The van der Waals surface area contributed by atoms with Gasteiger partial charge in [0.2, 0.25) is 0 Å². The summed E-state index contributed by atoms with van der Waals surface area (Å²) in [6.45, 7) is 13.2. The molecule has 0 aromatic rings. The summed E-state index contributed by atoms with van der Waals surface area (Å²) in [7, 11) is 1.35. The Hall–Kier alpha value is -2.04. The number of rotatable bonds is 5. The minimum Gasteiger partial charge on any atom is -0.468 e. The van der Waals surface area contributed by atoms with E-state index in [0.717, 1.165) is 12.0 Å². The summed E-state index contributed by atoms with van der Waals surface area (Å²) in [5.41, 5.74) is 0.756. The fraction of sp³-hybridized carbons (Fsp3) is 0.579. The first kappa shape index (κ1) is 20.0. The number of ether oxygens (including phenoxy) is 2. The molecule has 0 radical (unpaired) electrons. The van der Waals surface area contributed by atoms with E-state index in [2.05, 4.69) is 19.6 Å². The van der Waals surface area contributed by atoms with Crippen LogP contribution in [0, 0.1) is 11.8 Å². The van der Waals surface area contributed by atoms with Gasteiger partial charge in [-0.3, -0.25) is 9.69 Å². The van der Waals surface area contributed by atoms with Crippen molar-refractivity contribution in [3.63, 3.8) is 0 Å². The van der Waals surface area contributed by atoms with Crippen molar-refractivity contribution < 1.29 is 19.1 Å². The van der Waals surface area contributed by atoms with Gasteiger partial charge in [-0.2, -0.15) is 0 Å². The van der Waals surface area contributed by atoms with Crippen LogP contribution in [0.3, 0.4) is 0 Å². The number of hydrogen-bond donors (Lipinski definition) is 0. The van der Waals surface area contributed by atoms with Gasteiger partial charge in [0.25, 0.3) is 0 Å². The van der Waals surface area contributed by atoms with Crippen LogP contribution in [0.15, 0.2) is 36.1 Å². The van der Waals surface area contributed by atoms with Crippen LogP contribution in [0.4, 0.5) is 4.79 Å². The predicted molar refractivity (Wildman–Crippen MR) is 94.3 cm³/mol. The fourth-order valence-corrected chi connectivity index (χ4v) is 2.35. The smallest absolute Gasteiger partial charge is 0.414 e. The maximum atomic E-state index is 12.4. The number of amides is 1. The molecule has 24 heavy (non-hydrogen) atoms. The molecule has 0 aliphatic heterocycles. The molecule has 0 bridgehead atoms. The van der Waals surface area contributed by atoms with Crippen LogP contribution in [-0.2, 0) is 14.3 Å². The van der Waals surface area contributed by atoms with Gasteiger partial charge in [0, 0.05) is 12.2 Å². The molecule has 0 spiro atoms. The SMILES string of the molecule is C=C(C)N(C[C@@H](C(=O)OC)C1=CCC(C)C=C1)C(=O)OC(C)(C)C. The van der Waals surface area contributed by atoms with Gasteiger partial charge in [-0.1, -0.05) is 31.7 Å². The van der Waals surface area contributed by atoms with Crippen molar-refractivity contribution in [2.24, 2.45) is 11.8 Å². The van der Waals surface area contributed by atoms with Gasteiger partial charge in [-0.05, 0) is 45.6 Å². The van der Waals surface area contributed by atoms with Crippen molar-refractivity contribution in [1.82, 2.24) is 4.90 Å². The third-order valence-corrected chi connectivity index (χ3v) is 3.67. The molecule has 5 heteroatoms. The van der Waals surface area contributed by atoms with Crippen LogP contribution in [-0.4, -0.2) is 36.2 Å². The van der Waals surface area contributed by atoms with Gasteiger partial charge in [0.1, 0.15) is 5.60 Å². The van der Waals surface area contributed by atoms with E-state index in [1.165, 1.54) is 12.0 Å². The van der Waals surface area contributed by atoms with Crippen LogP contribution < -0.4 is 0 Å². The number of hydrogen-bond acceptors (Lipinski definition) is 4. The summed E-state index contributed by atoms with van der Waals surface area (Å²) in [6.07, 6.45) is 6.36. The Labute approximate surface area is 145 Å². The predicted octanol–water partition coefficient (Wildman–Crippen LogP) is 4.07. The Kier molecular flexibility index (Phi) is 6.81. The average Bonchev–Trinajstić information content (AvgIpc) is 2.46. The molecule has 0 saturated heterocycles.